The highest BCUT2D eigenvalue weighted by atomic mass is 16.5. The van der Waals surface area contributed by atoms with Crippen molar-refractivity contribution in [3.05, 3.63) is 77.1 Å². The number of aryl methyl sites for hydroxylation is 1. The summed E-state index contributed by atoms with van der Waals surface area (Å²) in [7, 11) is 1.59. The maximum Gasteiger partial charge on any atom is 0.273 e. The van der Waals surface area contributed by atoms with E-state index in [0.29, 0.717) is 12.0 Å². The van der Waals surface area contributed by atoms with E-state index in [-0.39, 0.29) is 12.3 Å². The molecule has 2 N–H and O–H groups in total. The Bertz CT molecular complexity index is 992. The first-order valence-corrected chi connectivity index (χ1v) is 9.38. The molecule has 0 saturated heterocycles. The zero-order valence-corrected chi connectivity index (χ0v) is 16.7. The third kappa shape index (κ3) is 4.82. The molecule has 2 aromatic carbocycles. The van der Waals surface area contributed by atoms with Crippen LogP contribution in [-0.4, -0.2) is 28.7 Å². The molecule has 3 rings (SSSR count). The number of hydrogen-bond acceptors (Lipinski definition) is 4. The Balaban J connectivity index is 1.64. The molecule has 0 bridgehead atoms. The second kappa shape index (κ2) is 9.05. The van der Waals surface area contributed by atoms with Crippen molar-refractivity contribution in [2.75, 3.05) is 7.11 Å². The number of nitrogens with one attached hydrogen (secondary N) is 2. The largest absolute Gasteiger partial charge is 0.497 e. The first-order valence-electron chi connectivity index (χ1n) is 9.38. The van der Waals surface area contributed by atoms with Gasteiger partial charge in [-0.05, 0) is 43.2 Å². The number of nitrogens with zero attached hydrogens (tertiary/aromatic N) is 2. The predicted octanol–water partition coefficient (Wildman–Crippen LogP) is 2.76. The molecule has 2 amide bonds. The summed E-state index contributed by atoms with van der Waals surface area (Å²) in [6, 6.07) is 15.1. The van der Waals surface area contributed by atoms with E-state index in [2.05, 4.69) is 16.0 Å². The molecule has 0 unspecified atom stereocenters. The number of aromatic nitrogens is 2. The minimum Gasteiger partial charge on any atom is -0.497 e. The number of benzene rings is 2. The summed E-state index contributed by atoms with van der Waals surface area (Å²) < 4.78 is 6.84. The molecule has 0 aliphatic carbocycles. The van der Waals surface area contributed by atoms with E-state index in [1.807, 2.05) is 38.1 Å². The lowest BCUT2D eigenvalue weighted by atomic mass is 10.1. The number of hydrogen-bond donors (Lipinski definition) is 2. The van der Waals surface area contributed by atoms with Crippen molar-refractivity contribution in [2.45, 2.75) is 26.7 Å². The minimum absolute atomic E-state index is 0.146. The number of ether oxygens (including phenoxy) is 1. The summed E-state index contributed by atoms with van der Waals surface area (Å²) >= 11 is 0. The van der Waals surface area contributed by atoms with E-state index in [4.69, 9.17) is 4.74 Å². The molecule has 0 atom stereocenters. The molecular weight excluding hydrogens is 368 g/mol. The topological polar surface area (TPSA) is 85.2 Å². The highest BCUT2D eigenvalue weighted by Crippen LogP contribution is 2.16. The molecule has 1 aromatic heterocycles. The monoisotopic (exact) mass is 392 g/mol. The van der Waals surface area contributed by atoms with E-state index >= 15 is 0 Å². The van der Waals surface area contributed by atoms with Gasteiger partial charge in [-0.15, -0.1) is 0 Å². The smallest absolute Gasteiger partial charge is 0.273 e. The van der Waals surface area contributed by atoms with Gasteiger partial charge in [-0.1, -0.05) is 36.8 Å². The van der Waals surface area contributed by atoms with Crippen molar-refractivity contribution >= 4 is 11.8 Å². The van der Waals surface area contributed by atoms with Gasteiger partial charge in [-0.2, -0.15) is 5.10 Å². The van der Waals surface area contributed by atoms with Gasteiger partial charge in [0.1, 0.15) is 5.75 Å². The summed E-state index contributed by atoms with van der Waals surface area (Å²) in [5.74, 6) is 0.0101. The van der Waals surface area contributed by atoms with Crippen LogP contribution in [0.4, 0.5) is 0 Å². The molecule has 0 spiro atoms. The first kappa shape index (κ1) is 20.1. The van der Waals surface area contributed by atoms with Crippen molar-refractivity contribution in [3.8, 4) is 11.4 Å². The quantitative estimate of drug-likeness (QED) is 0.632. The Hall–Kier alpha value is -3.61. The van der Waals surface area contributed by atoms with Crippen LogP contribution in [0.1, 0.15) is 34.1 Å². The van der Waals surface area contributed by atoms with Gasteiger partial charge in [-0.25, -0.2) is 4.68 Å². The second-order valence-electron chi connectivity index (χ2n) is 6.63. The van der Waals surface area contributed by atoms with Gasteiger partial charge in [-0.3, -0.25) is 20.4 Å². The van der Waals surface area contributed by atoms with Gasteiger partial charge in [0.15, 0.2) is 0 Å². The van der Waals surface area contributed by atoms with Crippen LogP contribution < -0.4 is 15.6 Å². The molecule has 7 nitrogen and oxygen atoms in total. The van der Waals surface area contributed by atoms with Crippen LogP contribution in [0.3, 0.4) is 0 Å². The molecule has 29 heavy (non-hydrogen) atoms. The van der Waals surface area contributed by atoms with Gasteiger partial charge in [0.2, 0.25) is 5.91 Å². The highest BCUT2D eigenvalue weighted by Gasteiger charge is 2.17. The number of carbonyl (C=O) groups excluding carboxylic acids is 2. The summed E-state index contributed by atoms with van der Waals surface area (Å²) in [5.41, 5.74) is 8.99. The number of carbonyl (C=O) groups is 2. The van der Waals surface area contributed by atoms with Gasteiger partial charge < -0.3 is 4.74 Å². The molecule has 0 fully saturated rings. The normalized spacial score (nSPS) is 10.4. The van der Waals surface area contributed by atoms with Crippen LogP contribution >= 0.6 is 0 Å². The average Bonchev–Trinajstić information content (AvgIpc) is 3.17. The van der Waals surface area contributed by atoms with Crippen LogP contribution in [0.2, 0.25) is 0 Å². The number of amides is 2. The number of hydrazine groups is 1. The Morgan fingerprint density at radius 1 is 1.03 bits per heavy atom. The maximum absolute atomic E-state index is 12.6. The lowest BCUT2D eigenvalue weighted by Gasteiger charge is -2.10. The van der Waals surface area contributed by atoms with E-state index < -0.39 is 5.91 Å². The summed E-state index contributed by atoms with van der Waals surface area (Å²) in [5, 5.41) is 4.35. The van der Waals surface area contributed by atoms with E-state index in [1.54, 1.807) is 36.1 Å². The van der Waals surface area contributed by atoms with Crippen molar-refractivity contribution in [1.29, 1.82) is 0 Å². The Kier molecular flexibility index (Phi) is 6.29. The van der Waals surface area contributed by atoms with Crippen molar-refractivity contribution in [3.63, 3.8) is 0 Å². The van der Waals surface area contributed by atoms with E-state index in [9.17, 15) is 9.59 Å². The standard InChI is InChI=1S/C22H24N4O3/c1-4-20-19(14-23-26(20)17-9-5-15(2)6-10-17)22(28)25-24-21(27)13-16-7-11-18(29-3)12-8-16/h5-12,14H,4,13H2,1-3H3,(H,24,27)(H,25,28). The van der Waals surface area contributed by atoms with Gasteiger partial charge in [0.25, 0.3) is 5.91 Å². The number of methoxy groups -OCH3 is 1. The average molecular weight is 392 g/mol. The van der Waals surface area contributed by atoms with Crippen LogP contribution in [0.15, 0.2) is 54.7 Å². The SMILES string of the molecule is CCc1c(C(=O)NNC(=O)Cc2ccc(OC)cc2)cnn1-c1ccc(C)cc1. The van der Waals surface area contributed by atoms with Crippen LogP contribution in [0, 0.1) is 6.92 Å². The maximum atomic E-state index is 12.6. The van der Waals surface area contributed by atoms with Crippen LogP contribution in [0.5, 0.6) is 5.75 Å². The lowest BCUT2D eigenvalue weighted by Crippen LogP contribution is -2.42. The minimum atomic E-state index is -0.400. The molecule has 0 aliphatic rings. The van der Waals surface area contributed by atoms with E-state index in [1.165, 1.54) is 6.20 Å². The third-order valence-corrected chi connectivity index (χ3v) is 4.57. The molecule has 0 saturated carbocycles. The molecule has 0 aliphatic heterocycles. The van der Waals surface area contributed by atoms with Gasteiger partial charge in [0, 0.05) is 0 Å². The predicted molar refractivity (Wildman–Crippen MR) is 110 cm³/mol. The zero-order chi connectivity index (χ0) is 20.8. The number of rotatable bonds is 6. The van der Waals surface area contributed by atoms with Crippen LogP contribution in [-0.2, 0) is 17.6 Å². The molecule has 0 radical (unpaired) electrons. The Labute approximate surface area is 169 Å². The van der Waals surface area contributed by atoms with Crippen molar-refractivity contribution < 1.29 is 14.3 Å². The zero-order valence-electron chi connectivity index (χ0n) is 16.7. The fourth-order valence-electron chi connectivity index (χ4n) is 2.98. The summed E-state index contributed by atoms with van der Waals surface area (Å²) in [6.07, 6.45) is 2.29. The van der Waals surface area contributed by atoms with Crippen LogP contribution in [0.25, 0.3) is 5.69 Å². The fraction of sp³-hybridized carbons (Fsp3) is 0.227. The Morgan fingerprint density at radius 3 is 2.34 bits per heavy atom. The first-order chi connectivity index (χ1) is 14.0. The van der Waals surface area contributed by atoms with Crippen molar-refractivity contribution in [1.82, 2.24) is 20.6 Å². The summed E-state index contributed by atoms with van der Waals surface area (Å²) in [4.78, 5) is 24.7. The molecule has 7 heteroatoms. The van der Waals surface area contributed by atoms with Crippen molar-refractivity contribution in [2.24, 2.45) is 0 Å². The molecule has 150 valence electrons. The molecular formula is C22H24N4O3. The lowest BCUT2D eigenvalue weighted by molar-refractivity contribution is -0.121. The van der Waals surface area contributed by atoms with Gasteiger partial charge in [0.05, 0.1) is 36.7 Å². The highest BCUT2D eigenvalue weighted by molar-refractivity contribution is 5.96. The molecule has 3 aromatic rings. The second-order valence-corrected chi connectivity index (χ2v) is 6.63. The van der Waals surface area contributed by atoms with Gasteiger partial charge >= 0.3 is 0 Å². The third-order valence-electron chi connectivity index (χ3n) is 4.57. The molecule has 1 heterocycles. The van der Waals surface area contributed by atoms with E-state index in [0.717, 1.165) is 28.3 Å². The fourth-order valence-corrected chi connectivity index (χ4v) is 2.98. The summed E-state index contributed by atoms with van der Waals surface area (Å²) in [6.45, 7) is 3.97. The Morgan fingerprint density at radius 2 is 1.72 bits per heavy atom.